The molecule has 2 aliphatic rings. The van der Waals surface area contributed by atoms with Gasteiger partial charge in [-0.3, -0.25) is 9.59 Å². The van der Waals surface area contributed by atoms with Crippen molar-refractivity contribution in [2.24, 2.45) is 17.3 Å². The average Bonchev–Trinajstić information content (AvgIpc) is 3.18. The molecule has 1 saturated carbocycles. The summed E-state index contributed by atoms with van der Waals surface area (Å²) in [5, 5.41) is 17.6. The zero-order chi connectivity index (χ0) is 17.5. The monoisotopic (exact) mass is 332 g/mol. The van der Waals surface area contributed by atoms with Gasteiger partial charge in [0.05, 0.1) is 17.5 Å². The van der Waals surface area contributed by atoms with Crippen LogP contribution in [0.25, 0.3) is 0 Å². The molecule has 2 fully saturated rings. The summed E-state index contributed by atoms with van der Waals surface area (Å²) in [6.45, 7) is 8.38. The molecule has 1 aliphatic heterocycles. The van der Waals surface area contributed by atoms with Crippen molar-refractivity contribution < 1.29 is 14.7 Å². The Kier molecular flexibility index (Phi) is 4.19. The number of carboxylic acid groups (broad SMARTS) is 1. The second-order valence-electron chi connectivity index (χ2n) is 7.31. The number of carbonyl (C=O) groups excluding carboxylic acids is 1. The first kappa shape index (κ1) is 16.7. The quantitative estimate of drug-likeness (QED) is 0.894. The molecule has 7 nitrogen and oxygen atoms in total. The third-order valence-electron chi connectivity index (χ3n) is 5.27. The zero-order valence-corrected chi connectivity index (χ0v) is 14.4. The van der Waals surface area contributed by atoms with Gasteiger partial charge < -0.3 is 14.9 Å². The minimum atomic E-state index is -0.871. The van der Waals surface area contributed by atoms with Crippen molar-refractivity contribution in [1.82, 2.24) is 15.1 Å². The number of aryl methyl sites for hydroxylation is 1. The Hall–Kier alpha value is -2.18. The summed E-state index contributed by atoms with van der Waals surface area (Å²) in [7, 11) is 0. The molecular weight excluding hydrogens is 308 g/mol. The van der Waals surface area contributed by atoms with Gasteiger partial charge in [-0.15, -0.1) is 5.10 Å². The predicted molar refractivity (Wildman–Crippen MR) is 88.6 cm³/mol. The van der Waals surface area contributed by atoms with E-state index in [4.69, 9.17) is 0 Å². The van der Waals surface area contributed by atoms with Crippen LogP contribution in [0.4, 0.5) is 5.82 Å². The van der Waals surface area contributed by atoms with E-state index in [0.717, 1.165) is 24.5 Å². The van der Waals surface area contributed by atoms with Gasteiger partial charge in [0.2, 0.25) is 5.91 Å². The van der Waals surface area contributed by atoms with Crippen LogP contribution in [0.2, 0.25) is 0 Å². The Morgan fingerprint density at radius 1 is 1.12 bits per heavy atom. The maximum absolute atomic E-state index is 12.7. The number of aromatic nitrogens is 2. The molecule has 1 amide bonds. The number of carbonyl (C=O) groups is 2. The molecule has 0 bridgehead atoms. The summed E-state index contributed by atoms with van der Waals surface area (Å²) >= 11 is 0. The molecule has 0 aromatic carbocycles. The molecule has 1 saturated heterocycles. The molecule has 24 heavy (non-hydrogen) atoms. The lowest BCUT2D eigenvalue weighted by molar-refractivity contribution is -0.142. The first-order valence-electron chi connectivity index (χ1n) is 8.39. The Bertz CT molecular complexity index is 644. The van der Waals surface area contributed by atoms with Gasteiger partial charge in [0.15, 0.2) is 5.82 Å². The highest BCUT2D eigenvalue weighted by molar-refractivity contribution is 5.91. The fourth-order valence-electron chi connectivity index (χ4n) is 3.68. The van der Waals surface area contributed by atoms with Crippen LogP contribution in [-0.4, -0.2) is 58.3 Å². The van der Waals surface area contributed by atoms with Crippen molar-refractivity contribution in [2.45, 2.75) is 27.2 Å². The summed E-state index contributed by atoms with van der Waals surface area (Å²) < 4.78 is 0. The van der Waals surface area contributed by atoms with Gasteiger partial charge in [0.25, 0.3) is 0 Å². The minimum Gasteiger partial charge on any atom is -0.481 e. The van der Waals surface area contributed by atoms with Gasteiger partial charge in [-0.1, -0.05) is 13.8 Å². The second-order valence-corrected chi connectivity index (χ2v) is 7.31. The number of hydrogen-bond donors (Lipinski definition) is 1. The highest BCUT2D eigenvalue weighted by Gasteiger charge is 2.66. The third kappa shape index (κ3) is 2.95. The van der Waals surface area contributed by atoms with Crippen LogP contribution in [0.3, 0.4) is 0 Å². The first-order valence-corrected chi connectivity index (χ1v) is 8.39. The number of carboxylic acids is 1. The number of hydrogen-bond acceptors (Lipinski definition) is 5. The van der Waals surface area contributed by atoms with Crippen LogP contribution >= 0.6 is 0 Å². The van der Waals surface area contributed by atoms with Crippen molar-refractivity contribution in [1.29, 1.82) is 0 Å². The number of anilines is 1. The summed E-state index contributed by atoms with van der Waals surface area (Å²) in [4.78, 5) is 28.0. The molecule has 0 spiro atoms. The fourth-order valence-corrected chi connectivity index (χ4v) is 3.68. The molecule has 1 aromatic rings. The fraction of sp³-hybridized carbons (Fsp3) is 0.647. The largest absolute Gasteiger partial charge is 0.481 e. The van der Waals surface area contributed by atoms with E-state index in [9.17, 15) is 14.7 Å². The summed E-state index contributed by atoms with van der Waals surface area (Å²) in [6, 6.07) is 3.88. The van der Waals surface area contributed by atoms with E-state index in [0.29, 0.717) is 19.6 Å². The Morgan fingerprint density at radius 3 is 2.46 bits per heavy atom. The Labute approximate surface area is 141 Å². The Morgan fingerprint density at radius 2 is 1.88 bits per heavy atom. The normalized spacial score (nSPS) is 26.0. The number of amides is 1. The molecule has 2 atom stereocenters. The minimum absolute atomic E-state index is 0.0239. The van der Waals surface area contributed by atoms with Crippen molar-refractivity contribution in [3.8, 4) is 0 Å². The molecule has 1 aromatic heterocycles. The van der Waals surface area contributed by atoms with Crippen LogP contribution in [0.5, 0.6) is 0 Å². The smallest absolute Gasteiger partial charge is 0.307 e. The molecule has 1 aliphatic carbocycles. The Balaban J connectivity index is 1.65. The van der Waals surface area contributed by atoms with Gasteiger partial charge in [-0.2, -0.15) is 5.10 Å². The van der Waals surface area contributed by atoms with Crippen molar-refractivity contribution in [2.75, 3.05) is 31.1 Å². The van der Waals surface area contributed by atoms with E-state index >= 15 is 0 Å². The highest BCUT2D eigenvalue weighted by Crippen LogP contribution is 2.59. The molecule has 3 rings (SSSR count). The van der Waals surface area contributed by atoms with Gasteiger partial charge in [0, 0.05) is 26.2 Å². The van der Waals surface area contributed by atoms with Crippen molar-refractivity contribution in [3.05, 3.63) is 17.8 Å². The van der Waals surface area contributed by atoms with Crippen LogP contribution in [0.15, 0.2) is 12.1 Å². The SMILES string of the molecule is Cc1ccc(N2CCCN(C(=O)[C@@H]3[C@H](C(=O)O)C3(C)C)CC2)nn1. The molecule has 2 heterocycles. The lowest BCUT2D eigenvalue weighted by Gasteiger charge is -2.23. The molecule has 1 N–H and O–H groups in total. The zero-order valence-electron chi connectivity index (χ0n) is 14.4. The molecule has 7 heteroatoms. The van der Waals surface area contributed by atoms with Crippen molar-refractivity contribution in [3.63, 3.8) is 0 Å². The van der Waals surface area contributed by atoms with E-state index in [2.05, 4.69) is 15.1 Å². The average molecular weight is 332 g/mol. The molecule has 0 radical (unpaired) electrons. The van der Waals surface area contributed by atoms with E-state index in [1.54, 1.807) is 0 Å². The van der Waals surface area contributed by atoms with Gasteiger partial charge in [-0.25, -0.2) is 0 Å². The van der Waals surface area contributed by atoms with Gasteiger partial charge in [0.1, 0.15) is 0 Å². The standard InChI is InChI=1S/C17H24N4O3/c1-11-5-6-12(19-18-11)20-7-4-8-21(10-9-20)15(22)13-14(16(23)24)17(13,2)3/h5-6,13-14H,4,7-10H2,1-3H3,(H,23,24)/t13-,14+/m0/s1. The van der Waals surface area contributed by atoms with Gasteiger partial charge in [-0.05, 0) is 30.9 Å². The summed E-state index contributed by atoms with van der Waals surface area (Å²) in [5.74, 6) is -1.04. The van der Waals surface area contributed by atoms with Crippen LogP contribution in [0, 0.1) is 24.2 Å². The molecule has 130 valence electrons. The maximum atomic E-state index is 12.7. The number of rotatable bonds is 3. The van der Waals surface area contributed by atoms with E-state index in [1.807, 2.05) is 37.8 Å². The topological polar surface area (TPSA) is 86.6 Å². The van der Waals surface area contributed by atoms with E-state index in [-0.39, 0.29) is 5.91 Å². The second kappa shape index (κ2) is 6.03. The first-order chi connectivity index (χ1) is 11.3. The van der Waals surface area contributed by atoms with Crippen molar-refractivity contribution >= 4 is 17.7 Å². The lowest BCUT2D eigenvalue weighted by atomic mass is 10.1. The van der Waals surface area contributed by atoms with E-state index in [1.165, 1.54) is 0 Å². The molecular formula is C17H24N4O3. The number of aliphatic carboxylic acids is 1. The van der Waals surface area contributed by atoms with Crippen LogP contribution in [0.1, 0.15) is 26.0 Å². The summed E-state index contributed by atoms with van der Waals surface area (Å²) in [5.41, 5.74) is 0.429. The van der Waals surface area contributed by atoms with Crippen LogP contribution < -0.4 is 4.90 Å². The predicted octanol–water partition coefficient (Wildman–Crippen LogP) is 1.18. The molecule has 0 unspecified atom stereocenters. The third-order valence-corrected chi connectivity index (χ3v) is 5.27. The number of nitrogens with zero attached hydrogens (tertiary/aromatic N) is 4. The summed E-state index contributed by atoms with van der Waals surface area (Å²) in [6.07, 6.45) is 0.839. The highest BCUT2D eigenvalue weighted by atomic mass is 16.4. The lowest BCUT2D eigenvalue weighted by Crippen LogP contribution is -2.37. The van der Waals surface area contributed by atoms with E-state index < -0.39 is 23.2 Å². The maximum Gasteiger partial charge on any atom is 0.307 e. The van der Waals surface area contributed by atoms with Crippen LogP contribution in [-0.2, 0) is 9.59 Å². The van der Waals surface area contributed by atoms with Gasteiger partial charge >= 0.3 is 5.97 Å².